The SMILES string of the molecule is C=C=C(OC(C)(C)C)C1CCc2cc(C3CCC(=O)NC3=O)ccc2C1.[HH]. The van der Waals surface area contributed by atoms with Gasteiger partial charge in [0.2, 0.25) is 11.8 Å². The second-order valence-electron chi connectivity index (χ2n) is 8.23. The number of ether oxygens (including phenoxy) is 1. The van der Waals surface area contributed by atoms with Gasteiger partial charge in [-0.3, -0.25) is 14.9 Å². The van der Waals surface area contributed by atoms with Crippen molar-refractivity contribution in [3.8, 4) is 0 Å². The molecule has 1 aromatic carbocycles. The van der Waals surface area contributed by atoms with Gasteiger partial charge < -0.3 is 4.74 Å². The van der Waals surface area contributed by atoms with Crippen LogP contribution in [0.3, 0.4) is 0 Å². The van der Waals surface area contributed by atoms with Crippen molar-refractivity contribution < 1.29 is 15.8 Å². The molecule has 0 spiro atoms. The number of fused-ring (bicyclic) bond motifs is 1. The van der Waals surface area contributed by atoms with Crippen LogP contribution in [-0.4, -0.2) is 17.4 Å². The van der Waals surface area contributed by atoms with Crippen LogP contribution in [0.5, 0.6) is 0 Å². The van der Waals surface area contributed by atoms with Gasteiger partial charge in [-0.2, -0.15) is 0 Å². The molecule has 1 N–H and O–H groups in total. The highest BCUT2D eigenvalue weighted by molar-refractivity contribution is 6.00. The van der Waals surface area contributed by atoms with Crippen LogP contribution in [0, 0.1) is 5.92 Å². The largest absolute Gasteiger partial charge is 0.484 e. The Morgan fingerprint density at radius 2 is 2.00 bits per heavy atom. The molecule has 26 heavy (non-hydrogen) atoms. The van der Waals surface area contributed by atoms with E-state index >= 15 is 0 Å². The fourth-order valence-corrected chi connectivity index (χ4v) is 3.82. The molecule has 0 saturated carbocycles. The zero-order chi connectivity index (χ0) is 18.9. The molecule has 1 saturated heterocycles. The third-order valence-corrected chi connectivity index (χ3v) is 5.06. The minimum Gasteiger partial charge on any atom is -0.484 e. The van der Waals surface area contributed by atoms with Crippen LogP contribution in [-0.2, 0) is 27.2 Å². The molecule has 140 valence electrons. The summed E-state index contributed by atoms with van der Waals surface area (Å²) in [5, 5.41) is 2.45. The minimum atomic E-state index is -0.254. The van der Waals surface area contributed by atoms with Gasteiger partial charge in [-0.05, 0) is 63.1 Å². The van der Waals surface area contributed by atoms with Crippen LogP contribution < -0.4 is 5.32 Å². The molecule has 4 nitrogen and oxygen atoms in total. The molecule has 2 unspecified atom stereocenters. The second kappa shape index (κ2) is 7.13. The number of rotatable bonds is 3. The molecule has 1 fully saturated rings. The maximum atomic E-state index is 12.1. The van der Waals surface area contributed by atoms with E-state index < -0.39 is 0 Å². The van der Waals surface area contributed by atoms with E-state index in [1.54, 1.807) is 0 Å². The molecule has 4 heteroatoms. The number of carbonyl (C=O) groups is 2. The Balaban J connectivity index is 0.00000261. The predicted octanol–water partition coefficient (Wildman–Crippen LogP) is 4.04. The van der Waals surface area contributed by atoms with Crippen LogP contribution in [0.4, 0.5) is 0 Å². The molecule has 2 amide bonds. The van der Waals surface area contributed by atoms with E-state index in [-0.39, 0.29) is 24.8 Å². The summed E-state index contributed by atoms with van der Waals surface area (Å²) in [6, 6.07) is 6.30. The maximum absolute atomic E-state index is 12.1. The monoisotopic (exact) mass is 355 g/mol. The molecule has 1 aromatic rings. The van der Waals surface area contributed by atoms with Crippen molar-refractivity contribution in [3.05, 3.63) is 53.0 Å². The summed E-state index contributed by atoms with van der Waals surface area (Å²) in [4.78, 5) is 23.5. The Labute approximate surface area is 156 Å². The molecule has 1 aliphatic carbocycles. The van der Waals surface area contributed by atoms with Crippen molar-refractivity contribution in [3.63, 3.8) is 0 Å². The smallest absolute Gasteiger partial charge is 0.234 e. The third-order valence-electron chi connectivity index (χ3n) is 5.06. The average Bonchev–Trinajstić information content (AvgIpc) is 2.58. The predicted molar refractivity (Wildman–Crippen MR) is 103 cm³/mol. The molecule has 0 bridgehead atoms. The fraction of sp³-hybridized carbons (Fsp3) is 0.500. The first-order valence-corrected chi connectivity index (χ1v) is 9.31. The summed E-state index contributed by atoms with van der Waals surface area (Å²) < 4.78 is 6.04. The van der Waals surface area contributed by atoms with E-state index in [1.807, 2.05) is 26.8 Å². The van der Waals surface area contributed by atoms with Crippen molar-refractivity contribution in [2.45, 2.75) is 64.4 Å². The zero-order valence-electron chi connectivity index (χ0n) is 15.9. The van der Waals surface area contributed by atoms with Gasteiger partial charge in [0.05, 0.1) is 5.92 Å². The Morgan fingerprint density at radius 3 is 2.65 bits per heavy atom. The van der Waals surface area contributed by atoms with Crippen molar-refractivity contribution >= 4 is 11.8 Å². The van der Waals surface area contributed by atoms with E-state index in [2.05, 4.69) is 29.8 Å². The number of imide groups is 1. The molecule has 3 rings (SSSR count). The summed E-state index contributed by atoms with van der Waals surface area (Å²) in [5.74, 6) is 0.571. The second-order valence-corrected chi connectivity index (χ2v) is 8.23. The average molecular weight is 355 g/mol. The fourth-order valence-electron chi connectivity index (χ4n) is 3.82. The number of piperidine rings is 1. The van der Waals surface area contributed by atoms with Crippen molar-refractivity contribution in [2.24, 2.45) is 5.92 Å². The first-order valence-electron chi connectivity index (χ1n) is 9.31. The zero-order valence-corrected chi connectivity index (χ0v) is 15.9. The van der Waals surface area contributed by atoms with E-state index in [1.165, 1.54) is 11.1 Å². The number of hydrogen-bond acceptors (Lipinski definition) is 3. The summed E-state index contributed by atoms with van der Waals surface area (Å²) >= 11 is 0. The van der Waals surface area contributed by atoms with Gasteiger partial charge in [0.25, 0.3) is 0 Å². The van der Waals surface area contributed by atoms with Crippen molar-refractivity contribution in [2.75, 3.05) is 0 Å². The van der Waals surface area contributed by atoms with Gasteiger partial charge in [-0.1, -0.05) is 30.5 Å². The van der Waals surface area contributed by atoms with Gasteiger partial charge in [-0.25, -0.2) is 0 Å². The lowest BCUT2D eigenvalue weighted by molar-refractivity contribution is -0.134. The van der Waals surface area contributed by atoms with Crippen LogP contribution in [0.15, 0.2) is 36.3 Å². The van der Waals surface area contributed by atoms with Crippen LogP contribution in [0.2, 0.25) is 0 Å². The van der Waals surface area contributed by atoms with E-state index in [4.69, 9.17) is 4.74 Å². The van der Waals surface area contributed by atoms with Crippen LogP contribution in [0.25, 0.3) is 0 Å². The Bertz CT molecular complexity index is 787. The number of carbonyl (C=O) groups excluding carboxylic acids is 2. The van der Waals surface area contributed by atoms with E-state index in [0.717, 1.165) is 30.6 Å². The first kappa shape index (κ1) is 18.5. The molecule has 0 radical (unpaired) electrons. The lowest BCUT2D eigenvalue weighted by atomic mass is 9.80. The highest BCUT2D eigenvalue weighted by Gasteiger charge is 2.30. The molecular formula is C22H29NO3. The summed E-state index contributed by atoms with van der Waals surface area (Å²) in [5.41, 5.74) is 6.34. The lowest BCUT2D eigenvalue weighted by Crippen LogP contribution is -2.39. The third kappa shape index (κ3) is 4.08. The van der Waals surface area contributed by atoms with E-state index in [9.17, 15) is 9.59 Å². The molecular weight excluding hydrogens is 326 g/mol. The van der Waals surface area contributed by atoms with Crippen LogP contribution in [0.1, 0.15) is 64.1 Å². The number of nitrogens with one attached hydrogen (secondary N) is 1. The number of allylic oxidation sites excluding steroid dienone is 1. The number of amides is 2. The molecule has 1 aliphatic heterocycles. The standard InChI is InChI=1S/C22H27NO3.H2/c1-5-19(26-22(2,3)4)17-9-7-14-12-16(8-6-15(14)13-17)18-10-11-20(24)23-21(18)25;/h6,8,12,17-18H,1,7,9-11,13H2,2-4H3,(H,23,24,25);1H. The van der Waals surface area contributed by atoms with Gasteiger partial charge >= 0.3 is 0 Å². The van der Waals surface area contributed by atoms with Crippen molar-refractivity contribution in [1.82, 2.24) is 5.32 Å². The minimum absolute atomic E-state index is 0. The Morgan fingerprint density at radius 1 is 1.23 bits per heavy atom. The number of aryl methyl sites for hydroxylation is 1. The van der Waals surface area contributed by atoms with Gasteiger partial charge in [0, 0.05) is 13.8 Å². The molecule has 1 heterocycles. The van der Waals surface area contributed by atoms with Crippen molar-refractivity contribution in [1.29, 1.82) is 0 Å². The molecule has 2 atom stereocenters. The summed E-state index contributed by atoms with van der Waals surface area (Å²) in [6.07, 6.45) is 3.83. The Kier molecular flexibility index (Phi) is 5.06. The maximum Gasteiger partial charge on any atom is 0.234 e. The highest BCUT2D eigenvalue weighted by atomic mass is 16.5. The first-order chi connectivity index (χ1) is 12.3. The lowest BCUT2D eigenvalue weighted by Gasteiger charge is -2.31. The van der Waals surface area contributed by atoms with Gasteiger partial charge in [0.15, 0.2) is 0 Å². The molecule has 0 aromatic heterocycles. The van der Waals surface area contributed by atoms with E-state index in [0.29, 0.717) is 18.8 Å². The number of hydrogen-bond donors (Lipinski definition) is 1. The van der Waals surface area contributed by atoms with Gasteiger partial charge in [0.1, 0.15) is 11.4 Å². The van der Waals surface area contributed by atoms with Crippen LogP contribution >= 0.6 is 0 Å². The molecule has 2 aliphatic rings. The highest BCUT2D eigenvalue weighted by Crippen LogP contribution is 2.34. The topological polar surface area (TPSA) is 55.4 Å². The summed E-state index contributed by atoms with van der Waals surface area (Å²) in [6.45, 7) is 9.91. The summed E-state index contributed by atoms with van der Waals surface area (Å²) in [7, 11) is 0. The quantitative estimate of drug-likeness (QED) is 0.506. The Hall–Kier alpha value is -2.32. The normalized spacial score (nSPS) is 22.9. The number of benzene rings is 1. The van der Waals surface area contributed by atoms with Gasteiger partial charge in [-0.15, -0.1) is 0 Å².